The zero-order valence-electron chi connectivity index (χ0n) is 5.82. The highest BCUT2D eigenvalue weighted by atomic mass is 35.5. The SMILES string of the molecule is CCc1nc(Cl)cn1[N+](=O)[O-]. The van der Waals surface area contributed by atoms with Crippen molar-refractivity contribution in [3.8, 4) is 0 Å². The van der Waals surface area contributed by atoms with Crippen LogP contribution in [-0.2, 0) is 6.42 Å². The Balaban J connectivity index is 3.12. The van der Waals surface area contributed by atoms with E-state index in [-0.39, 0.29) is 5.15 Å². The van der Waals surface area contributed by atoms with Gasteiger partial charge in [-0.3, -0.25) is 0 Å². The van der Waals surface area contributed by atoms with E-state index >= 15 is 0 Å². The minimum absolute atomic E-state index is 0.151. The van der Waals surface area contributed by atoms with Gasteiger partial charge in [-0.15, -0.1) is 0 Å². The molecule has 0 saturated carbocycles. The van der Waals surface area contributed by atoms with Crippen LogP contribution in [0, 0.1) is 10.1 Å². The van der Waals surface area contributed by atoms with Gasteiger partial charge >= 0.3 is 0 Å². The van der Waals surface area contributed by atoms with E-state index in [2.05, 4.69) is 4.98 Å². The quantitative estimate of drug-likeness (QED) is 0.500. The average molecular weight is 176 g/mol. The normalized spacial score (nSPS) is 10.0. The first-order chi connectivity index (χ1) is 5.15. The summed E-state index contributed by atoms with van der Waals surface area (Å²) in [6, 6.07) is 0. The maximum atomic E-state index is 10.3. The molecule has 0 saturated heterocycles. The zero-order valence-corrected chi connectivity index (χ0v) is 6.58. The highest BCUT2D eigenvalue weighted by molar-refractivity contribution is 6.29. The topological polar surface area (TPSA) is 61.0 Å². The number of rotatable bonds is 2. The summed E-state index contributed by atoms with van der Waals surface area (Å²) in [6.07, 6.45) is 1.67. The molecule has 0 unspecified atom stereocenters. The van der Waals surface area contributed by atoms with E-state index in [1.54, 1.807) is 6.92 Å². The Hall–Kier alpha value is -1.10. The fourth-order valence-electron chi connectivity index (χ4n) is 0.761. The first-order valence-electron chi connectivity index (χ1n) is 3.03. The summed E-state index contributed by atoms with van der Waals surface area (Å²) in [5.41, 5.74) is 0. The van der Waals surface area contributed by atoms with Crippen LogP contribution in [0.1, 0.15) is 12.7 Å². The summed E-state index contributed by atoms with van der Waals surface area (Å²) in [6.45, 7) is 1.78. The highest BCUT2D eigenvalue weighted by Crippen LogP contribution is 2.08. The van der Waals surface area contributed by atoms with Gasteiger partial charge < -0.3 is 0 Å². The molecular weight excluding hydrogens is 170 g/mol. The molecule has 1 aromatic heterocycles. The first-order valence-corrected chi connectivity index (χ1v) is 3.41. The Kier molecular flexibility index (Phi) is 2.09. The number of nitrogens with zero attached hydrogens (tertiary/aromatic N) is 3. The van der Waals surface area contributed by atoms with Crippen molar-refractivity contribution in [2.24, 2.45) is 0 Å². The third-order valence-electron chi connectivity index (χ3n) is 1.22. The molecule has 0 spiro atoms. The Morgan fingerprint density at radius 2 is 2.55 bits per heavy atom. The van der Waals surface area contributed by atoms with Gasteiger partial charge in [-0.05, 0) is 0 Å². The van der Waals surface area contributed by atoms with Crippen LogP contribution in [0.2, 0.25) is 5.15 Å². The Morgan fingerprint density at radius 1 is 1.91 bits per heavy atom. The number of nitro groups is 1. The van der Waals surface area contributed by atoms with Crippen molar-refractivity contribution in [3.05, 3.63) is 27.3 Å². The molecule has 1 aromatic rings. The fraction of sp³-hybridized carbons (Fsp3) is 0.400. The van der Waals surface area contributed by atoms with Crippen molar-refractivity contribution in [2.45, 2.75) is 13.3 Å². The standard InChI is InChI=1S/C5H6ClN3O2/c1-2-5-7-4(6)3-8(5)9(10)11/h3H,2H2,1H3. The van der Waals surface area contributed by atoms with Crippen molar-refractivity contribution in [1.82, 2.24) is 9.66 Å². The van der Waals surface area contributed by atoms with E-state index in [0.29, 0.717) is 12.2 Å². The van der Waals surface area contributed by atoms with Crippen molar-refractivity contribution in [3.63, 3.8) is 0 Å². The summed E-state index contributed by atoms with van der Waals surface area (Å²) in [7, 11) is 0. The summed E-state index contributed by atoms with van der Waals surface area (Å²) < 4.78 is 0.822. The second kappa shape index (κ2) is 2.87. The summed E-state index contributed by atoms with van der Waals surface area (Å²) in [5.74, 6) is 0.361. The molecule has 0 aliphatic heterocycles. The zero-order chi connectivity index (χ0) is 8.43. The molecule has 1 rings (SSSR count). The number of imidazole rings is 1. The molecule has 1 heterocycles. The minimum atomic E-state index is -0.558. The lowest BCUT2D eigenvalue weighted by Gasteiger charge is -1.91. The molecule has 0 radical (unpaired) electrons. The third-order valence-corrected chi connectivity index (χ3v) is 1.40. The number of aromatic nitrogens is 2. The molecule has 6 heteroatoms. The van der Waals surface area contributed by atoms with Gasteiger partial charge in [-0.25, -0.2) is 15.1 Å². The summed E-state index contributed by atoms with van der Waals surface area (Å²) in [5, 5.41) is 9.86. The minimum Gasteiger partial charge on any atom is -0.234 e. The van der Waals surface area contributed by atoms with Gasteiger partial charge in [0.15, 0.2) is 16.0 Å². The number of hydrogen-bond acceptors (Lipinski definition) is 3. The molecule has 0 N–H and O–H groups in total. The van der Waals surface area contributed by atoms with Crippen molar-refractivity contribution >= 4 is 11.6 Å². The summed E-state index contributed by atoms with van der Waals surface area (Å²) in [4.78, 5) is 14.0. The molecule has 60 valence electrons. The Bertz CT molecular complexity index is 283. The van der Waals surface area contributed by atoms with Crippen LogP contribution in [0.25, 0.3) is 0 Å². The first kappa shape index (κ1) is 8.00. The van der Waals surface area contributed by atoms with Crippen LogP contribution in [0.15, 0.2) is 6.20 Å². The molecule has 11 heavy (non-hydrogen) atoms. The maximum Gasteiger partial charge on any atom is 0.176 e. The number of hydrogen-bond donors (Lipinski definition) is 0. The van der Waals surface area contributed by atoms with Gasteiger partial charge in [0.05, 0.1) is 0 Å². The van der Waals surface area contributed by atoms with Gasteiger partial charge in [-0.1, -0.05) is 23.2 Å². The van der Waals surface area contributed by atoms with E-state index in [1.807, 2.05) is 0 Å². The van der Waals surface area contributed by atoms with Crippen LogP contribution >= 0.6 is 11.6 Å². The second-order valence-corrected chi connectivity index (χ2v) is 2.30. The molecule has 0 fully saturated rings. The molecule has 0 aliphatic rings. The van der Waals surface area contributed by atoms with Crippen molar-refractivity contribution < 1.29 is 5.03 Å². The van der Waals surface area contributed by atoms with Crippen LogP contribution in [0.3, 0.4) is 0 Å². The molecule has 0 amide bonds. The van der Waals surface area contributed by atoms with Crippen LogP contribution in [-0.4, -0.2) is 14.7 Å². The molecule has 0 atom stereocenters. The summed E-state index contributed by atoms with van der Waals surface area (Å²) >= 11 is 5.45. The molecular formula is C5H6ClN3O2. The molecule has 0 aromatic carbocycles. The van der Waals surface area contributed by atoms with Crippen molar-refractivity contribution in [1.29, 1.82) is 0 Å². The lowest BCUT2D eigenvalue weighted by Crippen LogP contribution is -2.10. The Labute approximate surface area is 67.7 Å². The van der Waals surface area contributed by atoms with Gasteiger partial charge in [0.2, 0.25) is 0 Å². The van der Waals surface area contributed by atoms with E-state index < -0.39 is 5.03 Å². The number of halogens is 1. The van der Waals surface area contributed by atoms with E-state index in [9.17, 15) is 10.1 Å². The third kappa shape index (κ3) is 1.48. The lowest BCUT2D eigenvalue weighted by molar-refractivity contribution is -0.543. The maximum absolute atomic E-state index is 10.3. The smallest absolute Gasteiger partial charge is 0.176 e. The Morgan fingerprint density at radius 3 is 2.91 bits per heavy atom. The van der Waals surface area contributed by atoms with E-state index in [1.165, 1.54) is 6.20 Å². The largest absolute Gasteiger partial charge is 0.234 e. The van der Waals surface area contributed by atoms with Crippen LogP contribution in [0.4, 0.5) is 0 Å². The van der Waals surface area contributed by atoms with Gasteiger partial charge in [0, 0.05) is 6.42 Å². The molecule has 0 aliphatic carbocycles. The molecule has 0 bridgehead atoms. The highest BCUT2D eigenvalue weighted by Gasteiger charge is 2.11. The van der Waals surface area contributed by atoms with Gasteiger partial charge in [0.1, 0.15) is 6.20 Å². The van der Waals surface area contributed by atoms with Gasteiger partial charge in [0.25, 0.3) is 0 Å². The van der Waals surface area contributed by atoms with Crippen LogP contribution in [0.5, 0.6) is 0 Å². The fourth-order valence-corrected chi connectivity index (χ4v) is 0.951. The molecule has 5 nitrogen and oxygen atoms in total. The van der Waals surface area contributed by atoms with Crippen LogP contribution < -0.4 is 0 Å². The predicted octanol–water partition coefficient (Wildman–Crippen LogP) is 1.14. The van der Waals surface area contributed by atoms with Crippen molar-refractivity contribution in [2.75, 3.05) is 0 Å². The van der Waals surface area contributed by atoms with E-state index in [4.69, 9.17) is 11.6 Å². The number of aryl methyl sites for hydroxylation is 1. The van der Waals surface area contributed by atoms with E-state index in [0.717, 1.165) is 4.68 Å². The average Bonchev–Trinajstić information content (AvgIpc) is 2.30. The van der Waals surface area contributed by atoms with Gasteiger partial charge in [-0.2, -0.15) is 0 Å². The monoisotopic (exact) mass is 175 g/mol. The predicted molar refractivity (Wildman–Crippen MR) is 39.0 cm³/mol. The lowest BCUT2D eigenvalue weighted by atomic mass is 10.5. The second-order valence-electron chi connectivity index (χ2n) is 1.92.